The van der Waals surface area contributed by atoms with Crippen molar-refractivity contribution in [3.63, 3.8) is 0 Å². The van der Waals surface area contributed by atoms with Crippen molar-refractivity contribution in [2.45, 2.75) is 69.6 Å². The van der Waals surface area contributed by atoms with Crippen molar-refractivity contribution in [3.8, 4) is 5.75 Å². The number of methoxy groups -OCH3 is 1. The maximum atomic E-state index is 13.1. The Kier molecular flexibility index (Phi) is 9.77. The molecule has 11 heteroatoms. The van der Waals surface area contributed by atoms with Crippen molar-refractivity contribution < 1.29 is 17.9 Å². The van der Waals surface area contributed by atoms with Gasteiger partial charge in [-0.2, -0.15) is 9.97 Å². The zero-order valence-corrected chi connectivity index (χ0v) is 27.3. The number of rotatable bonds is 12. The third-order valence-electron chi connectivity index (χ3n) is 8.02. The molecular formula is C33H44N6O4S. The van der Waals surface area contributed by atoms with Crippen LogP contribution in [0.5, 0.6) is 5.75 Å². The Morgan fingerprint density at radius 3 is 2.61 bits per heavy atom. The van der Waals surface area contributed by atoms with Crippen LogP contribution >= 0.6 is 0 Å². The third-order valence-corrected chi connectivity index (χ3v) is 10.2. The summed E-state index contributed by atoms with van der Waals surface area (Å²) in [6.45, 7) is 13.3. The molecule has 1 aliphatic heterocycles. The molecule has 0 amide bonds. The van der Waals surface area contributed by atoms with Gasteiger partial charge in [0.1, 0.15) is 17.2 Å². The molecule has 4 aromatic rings. The van der Waals surface area contributed by atoms with Gasteiger partial charge in [0.2, 0.25) is 5.95 Å². The first-order chi connectivity index (χ1) is 21.1. The van der Waals surface area contributed by atoms with Crippen LogP contribution in [-0.2, 0) is 14.6 Å². The molecule has 1 fully saturated rings. The van der Waals surface area contributed by atoms with Gasteiger partial charge in [-0.3, -0.25) is 0 Å². The number of piperidine rings is 1. The number of hydrogen-bond donors (Lipinski definition) is 3. The summed E-state index contributed by atoms with van der Waals surface area (Å²) in [6.07, 6.45) is 4.04. The Morgan fingerprint density at radius 1 is 1.07 bits per heavy atom. The average Bonchev–Trinajstić information content (AvgIpc) is 3.46. The number of benzene rings is 2. The summed E-state index contributed by atoms with van der Waals surface area (Å²) in [5.41, 5.74) is 4.32. The molecule has 3 heterocycles. The Labute approximate surface area is 260 Å². The lowest BCUT2D eigenvalue weighted by Crippen LogP contribution is -2.36. The van der Waals surface area contributed by atoms with Gasteiger partial charge >= 0.3 is 0 Å². The van der Waals surface area contributed by atoms with Crippen molar-refractivity contribution in [3.05, 3.63) is 59.8 Å². The van der Waals surface area contributed by atoms with E-state index in [4.69, 9.17) is 19.4 Å². The minimum absolute atomic E-state index is 0.0286. The predicted octanol–water partition coefficient (Wildman–Crippen LogP) is 6.55. The van der Waals surface area contributed by atoms with Crippen LogP contribution in [0, 0.1) is 6.92 Å². The predicted molar refractivity (Wildman–Crippen MR) is 176 cm³/mol. The lowest BCUT2D eigenvalue weighted by molar-refractivity contribution is 0.128. The molecule has 0 unspecified atom stereocenters. The first kappa shape index (κ1) is 31.7. The molecule has 0 spiro atoms. The molecule has 10 nitrogen and oxygen atoms in total. The summed E-state index contributed by atoms with van der Waals surface area (Å²) in [5, 5.41) is 6.87. The zero-order chi connectivity index (χ0) is 31.4. The number of sulfone groups is 1. The summed E-state index contributed by atoms with van der Waals surface area (Å²) in [4.78, 5) is 15.4. The second-order valence-electron chi connectivity index (χ2n) is 12.0. The van der Waals surface area contributed by atoms with E-state index in [0.29, 0.717) is 29.0 Å². The van der Waals surface area contributed by atoms with Crippen molar-refractivity contribution in [2.75, 3.05) is 44.0 Å². The van der Waals surface area contributed by atoms with Crippen molar-refractivity contribution in [1.29, 1.82) is 0 Å². The molecule has 5 rings (SSSR count). The zero-order valence-electron chi connectivity index (χ0n) is 26.5. The number of aryl methyl sites for hydroxylation is 1. The molecule has 0 bridgehead atoms. The fraction of sp³-hybridized carbons (Fsp3) is 0.455. The summed E-state index contributed by atoms with van der Waals surface area (Å²) >= 11 is 0. The van der Waals surface area contributed by atoms with E-state index < -0.39 is 15.1 Å². The molecule has 0 radical (unpaired) electrons. The SMILES string of the molecule is COCCN1CCC[C@H](c2cc(OC(C)C)c(Nc3nc(Nc4ccccc4S(=O)(=O)C(C)C)c4cc[nH]c4n3)cc2C)C1. The fourth-order valence-corrected chi connectivity index (χ4v) is 6.94. The van der Waals surface area contributed by atoms with Crippen LogP contribution in [0.25, 0.3) is 11.0 Å². The Bertz CT molecular complexity index is 1700. The van der Waals surface area contributed by atoms with Gasteiger partial charge in [0.25, 0.3) is 0 Å². The number of ether oxygens (including phenoxy) is 2. The first-order valence-corrected chi connectivity index (χ1v) is 16.9. The highest BCUT2D eigenvalue weighted by atomic mass is 32.2. The molecule has 3 N–H and O–H groups in total. The molecule has 1 saturated heterocycles. The molecular weight excluding hydrogens is 576 g/mol. The smallest absolute Gasteiger partial charge is 0.231 e. The van der Waals surface area contributed by atoms with Gasteiger partial charge < -0.3 is 30.0 Å². The standard InChI is InChI=1S/C33H44N6O4S/c1-21(2)43-29-19-26(24-10-9-15-39(20-24)16-17-42-6)23(5)18-28(29)36-33-37-31-25(13-14-34-31)32(38-33)35-27-11-7-8-12-30(27)44(40,41)22(3)4/h7-8,11-14,18-19,21-22,24H,9-10,15-17,20H2,1-6H3,(H3,34,35,36,37,38)/t24-/m0/s1. The Hall–Kier alpha value is -3.67. The van der Waals surface area contributed by atoms with Crippen LogP contribution in [0.4, 0.5) is 23.1 Å². The minimum Gasteiger partial charge on any atom is -0.489 e. The maximum absolute atomic E-state index is 13.1. The molecule has 0 saturated carbocycles. The quantitative estimate of drug-likeness (QED) is 0.162. The van der Waals surface area contributed by atoms with Crippen LogP contribution < -0.4 is 15.4 Å². The van der Waals surface area contributed by atoms with Crippen molar-refractivity contribution in [1.82, 2.24) is 19.9 Å². The number of H-pyrrole nitrogens is 1. The Morgan fingerprint density at radius 2 is 1.86 bits per heavy atom. The number of aromatic amines is 1. The molecule has 0 aliphatic carbocycles. The van der Waals surface area contributed by atoms with E-state index >= 15 is 0 Å². The summed E-state index contributed by atoms with van der Waals surface area (Å²) in [6, 6.07) is 13.1. The van der Waals surface area contributed by atoms with E-state index in [0.717, 1.165) is 55.9 Å². The number of nitrogens with one attached hydrogen (secondary N) is 3. The summed E-state index contributed by atoms with van der Waals surface area (Å²) < 4.78 is 37.9. The number of para-hydroxylation sites is 1. The second-order valence-corrected chi connectivity index (χ2v) is 14.5. The van der Waals surface area contributed by atoms with Crippen molar-refractivity contribution >= 4 is 44.0 Å². The highest BCUT2D eigenvalue weighted by Crippen LogP contribution is 2.38. The normalized spacial score (nSPS) is 16.1. The second kappa shape index (κ2) is 13.5. The van der Waals surface area contributed by atoms with E-state index in [2.05, 4.69) is 39.6 Å². The Balaban J connectivity index is 1.49. The van der Waals surface area contributed by atoms with Crippen LogP contribution in [0.3, 0.4) is 0 Å². The lowest BCUT2D eigenvalue weighted by Gasteiger charge is -2.34. The van der Waals surface area contributed by atoms with Crippen molar-refractivity contribution in [2.24, 2.45) is 0 Å². The van der Waals surface area contributed by atoms with Gasteiger partial charge in [-0.05, 0) is 101 Å². The third kappa shape index (κ3) is 7.00. The van der Waals surface area contributed by atoms with Crippen LogP contribution in [-0.4, -0.2) is 73.0 Å². The minimum atomic E-state index is -3.53. The van der Waals surface area contributed by atoms with E-state index in [-0.39, 0.29) is 11.0 Å². The largest absolute Gasteiger partial charge is 0.489 e. The van der Waals surface area contributed by atoms with Gasteiger partial charge in [-0.25, -0.2) is 8.42 Å². The van der Waals surface area contributed by atoms with Crippen LogP contribution in [0.15, 0.2) is 53.6 Å². The highest BCUT2D eigenvalue weighted by molar-refractivity contribution is 7.92. The number of anilines is 4. The van der Waals surface area contributed by atoms with E-state index in [1.807, 2.05) is 19.9 Å². The topological polar surface area (TPSA) is 121 Å². The first-order valence-electron chi connectivity index (χ1n) is 15.3. The molecule has 2 aromatic carbocycles. The summed E-state index contributed by atoms with van der Waals surface area (Å²) in [5.74, 6) is 2.00. The number of nitrogens with zero attached hydrogens (tertiary/aromatic N) is 3. The van der Waals surface area contributed by atoms with Gasteiger partial charge in [0.15, 0.2) is 9.84 Å². The lowest BCUT2D eigenvalue weighted by atomic mass is 9.87. The number of likely N-dealkylation sites (tertiary alicyclic amines) is 1. The highest BCUT2D eigenvalue weighted by Gasteiger charge is 2.25. The molecule has 1 aliphatic rings. The van der Waals surface area contributed by atoms with Gasteiger partial charge in [-0.1, -0.05) is 12.1 Å². The van der Waals surface area contributed by atoms with Gasteiger partial charge in [0, 0.05) is 26.4 Å². The summed E-state index contributed by atoms with van der Waals surface area (Å²) in [7, 11) is -1.78. The number of aromatic nitrogens is 3. The fourth-order valence-electron chi connectivity index (χ4n) is 5.74. The number of hydrogen-bond acceptors (Lipinski definition) is 9. The van der Waals surface area contributed by atoms with E-state index in [1.165, 1.54) is 11.1 Å². The molecule has 1 atom stereocenters. The monoisotopic (exact) mass is 620 g/mol. The van der Waals surface area contributed by atoms with Gasteiger partial charge in [0.05, 0.1) is 39.6 Å². The van der Waals surface area contributed by atoms with Crippen LogP contribution in [0.1, 0.15) is 57.6 Å². The molecule has 44 heavy (non-hydrogen) atoms. The maximum Gasteiger partial charge on any atom is 0.231 e. The number of fused-ring (bicyclic) bond motifs is 1. The van der Waals surface area contributed by atoms with Crippen LogP contribution in [0.2, 0.25) is 0 Å². The van der Waals surface area contributed by atoms with Gasteiger partial charge in [-0.15, -0.1) is 0 Å². The molecule has 2 aromatic heterocycles. The van der Waals surface area contributed by atoms with E-state index in [1.54, 1.807) is 51.4 Å². The molecule has 236 valence electrons. The van der Waals surface area contributed by atoms with E-state index in [9.17, 15) is 8.42 Å². The average molecular weight is 621 g/mol.